The van der Waals surface area contributed by atoms with Gasteiger partial charge in [0.05, 0.1) is 12.2 Å². The maximum Gasteiger partial charge on any atom is 0.0872 e. The van der Waals surface area contributed by atoms with Crippen molar-refractivity contribution in [3.05, 3.63) is 19.1 Å². The van der Waals surface area contributed by atoms with E-state index in [1.807, 2.05) is 20.8 Å². The quantitative estimate of drug-likeness (QED) is 0.581. The minimum absolute atomic E-state index is 0.0748. The van der Waals surface area contributed by atoms with Crippen molar-refractivity contribution in [2.45, 2.75) is 33.0 Å². The predicted octanol–water partition coefficient (Wildman–Crippen LogP) is 2.44. The van der Waals surface area contributed by atoms with Crippen molar-refractivity contribution in [3.63, 3.8) is 0 Å². The van der Waals surface area contributed by atoms with E-state index in [2.05, 4.69) is 19.4 Å². The van der Waals surface area contributed by atoms with Gasteiger partial charge in [0.2, 0.25) is 0 Å². The normalized spacial score (nSPS) is 15.3. The van der Waals surface area contributed by atoms with Crippen molar-refractivity contribution >= 4 is 0 Å². The van der Waals surface area contributed by atoms with Gasteiger partial charge in [-0.05, 0) is 26.7 Å². The summed E-state index contributed by atoms with van der Waals surface area (Å²) in [6.45, 7) is 13.5. The smallest absolute Gasteiger partial charge is 0.0872 e. The van der Waals surface area contributed by atoms with E-state index < -0.39 is 0 Å². The van der Waals surface area contributed by atoms with Crippen molar-refractivity contribution in [2.24, 2.45) is 5.92 Å². The number of hydrogen-bond acceptors (Lipinski definition) is 1. The monoisotopic (exact) mass is 165 g/mol. The second-order valence-electron chi connectivity index (χ2n) is 3.13. The van der Waals surface area contributed by atoms with Gasteiger partial charge in [0, 0.05) is 5.57 Å². The van der Waals surface area contributed by atoms with E-state index in [0.717, 1.165) is 0 Å². The van der Waals surface area contributed by atoms with Gasteiger partial charge in [0.25, 0.3) is 0 Å². The van der Waals surface area contributed by atoms with Gasteiger partial charge in [-0.1, -0.05) is 19.4 Å². The van der Waals surface area contributed by atoms with Gasteiger partial charge in [0.1, 0.15) is 0 Å². The first-order chi connectivity index (χ1) is 5.49. The summed E-state index contributed by atoms with van der Waals surface area (Å²) in [5.74, 6) is 2.73. The molecule has 0 aromatic heterocycles. The molecule has 67 valence electrons. The summed E-state index contributed by atoms with van der Waals surface area (Å²) in [6, 6.07) is 0. The summed E-state index contributed by atoms with van der Waals surface area (Å²) < 4.78 is 5.56. The van der Waals surface area contributed by atoms with Crippen LogP contribution in [0.4, 0.5) is 0 Å². The molecule has 0 saturated heterocycles. The standard InChI is InChI=1S/C11H17O/c1-7-9(4)11(6)12-10(5)8(2)3/h1,8,10-11H,2,4H2,3,5-6H3. The highest BCUT2D eigenvalue weighted by molar-refractivity contribution is 5.24. The third kappa shape index (κ3) is 3.59. The van der Waals surface area contributed by atoms with E-state index in [1.54, 1.807) is 0 Å². The van der Waals surface area contributed by atoms with Crippen molar-refractivity contribution in [3.8, 4) is 12.3 Å². The second-order valence-corrected chi connectivity index (χ2v) is 3.13. The van der Waals surface area contributed by atoms with E-state index >= 15 is 0 Å². The van der Waals surface area contributed by atoms with Gasteiger partial charge >= 0.3 is 0 Å². The van der Waals surface area contributed by atoms with Crippen LogP contribution in [0.25, 0.3) is 0 Å². The summed E-state index contributed by atoms with van der Waals surface area (Å²) in [7, 11) is 0. The Labute approximate surface area is 75.8 Å². The lowest BCUT2D eigenvalue weighted by Gasteiger charge is -2.21. The molecule has 0 saturated carbocycles. The fourth-order valence-corrected chi connectivity index (χ4v) is 0.656. The average Bonchev–Trinajstić information content (AvgIpc) is 2.02. The largest absolute Gasteiger partial charge is 0.370 e. The lowest BCUT2D eigenvalue weighted by Crippen LogP contribution is -2.22. The molecule has 0 amide bonds. The number of terminal acetylenes is 1. The van der Waals surface area contributed by atoms with Crippen molar-refractivity contribution in [2.75, 3.05) is 0 Å². The molecule has 0 rings (SSSR count). The van der Waals surface area contributed by atoms with E-state index in [4.69, 9.17) is 11.2 Å². The number of hydrogen-bond donors (Lipinski definition) is 0. The fourth-order valence-electron chi connectivity index (χ4n) is 0.656. The molecule has 3 atom stereocenters. The first-order valence-corrected chi connectivity index (χ1v) is 4.13. The molecular formula is C11H17O. The molecule has 0 aromatic carbocycles. The first-order valence-electron chi connectivity index (χ1n) is 4.13. The molecule has 1 radical (unpaired) electrons. The molecule has 0 aromatic rings. The number of rotatable bonds is 4. The summed E-state index contributed by atoms with van der Waals surface area (Å²) in [4.78, 5) is 0. The van der Waals surface area contributed by atoms with Crippen LogP contribution in [-0.4, -0.2) is 12.2 Å². The van der Waals surface area contributed by atoms with Crippen molar-refractivity contribution in [1.82, 2.24) is 0 Å². The maximum absolute atomic E-state index is 5.56. The van der Waals surface area contributed by atoms with Gasteiger partial charge in [-0.2, -0.15) is 0 Å². The highest BCUT2D eigenvalue weighted by Crippen LogP contribution is 2.11. The zero-order chi connectivity index (χ0) is 9.72. The van der Waals surface area contributed by atoms with Crippen LogP contribution in [-0.2, 0) is 4.74 Å². The van der Waals surface area contributed by atoms with Crippen molar-refractivity contribution in [1.29, 1.82) is 0 Å². The van der Waals surface area contributed by atoms with Crippen LogP contribution in [0.15, 0.2) is 12.2 Å². The van der Waals surface area contributed by atoms with Crippen LogP contribution in [0.1, 0.15) is 20.8 Å². The Kier molecular flexibility index (Phi) is 4.70. The van der Waals surface area contributed by atoms with Crippen LogP contribution in [0.3, 0.4) is 0 Å². The van der Waals surface area contributed by atoms with Crippen LogP contribution < -0.4 is 0 Å². The third-order valence-electron chi connectivity index (χ3n) is 1.90. The zero-order valence-corrected chi connectivity index (χ0v) is 8.13. The van der Waals surface area contributed by atoms with Crippen LogP contribution >= 0.6 is 0 Å². The van der Waals surface area contributed by atoms with E-state index in [0.29, 0.717) is 5.57 Å². The molecule has 0 bridgehead atoms. The Balaban J connectivity index is 3.94. The molecule has 3 unspecified atom stereocenters. The van der Waals surface area contributed by atoms with E-state index in [1.165, 1.54) is 0 Å². The minimum Gasteiger partial charge on any atom is -0.370 e. The van der Waals surface area contributed by atoms with Crippen LogP contribution in [0.5, 0.6) is 0 Å². The molecule has 1 nitrogen and oxygen atoms in total. The third-order valence-corrected chi connectivity index (χ3v) is 1.90. The van der Waals surface area contributed by atoms with E-state index in [-0.39, 0.29) is 18.1 Å². The Morgan fingerprint density at radius 2 is 1.92 bits per heavy atom. The molecule has 12 heavy (non-hydrogen) atoms. The molecule has 1 heteroatoms. The Bertz CT molecular complexity index is 186. The summed E-state index contributed by atoms with van der Waals surface area (Å²) in [5, 5.41) is 0. The van der Waals surface area contributed by atoms with E-state index in [9.17, 15) is 0 Å². The molecule has 0 fully saturated rings. The molecule has 0 spiro atoms. The van der Waals surface area contributed by atoms with Gasteiger partial charge in [-0.3, -0.25) is 0 Å². The molecular weight excluding hydrogens is 148 g/mol. The first kappa shape index (κ1) is 11.3. The zero-order valence-electron chi connectivity index (χ0n) is 8.13. The minimum atomic E-state index is -0.0748. The summed E-state index contributed by atoms with van der Waals surface area (Å²) in [5.41, 5.74) is 0.683. The lowest BCUT2D eigenvalue weighted by atomic mass is 10.1. The molecule has 0 aliphatic heterocycles. The molecule has 0 aliphatic rings. The topological polar surface area (TPSA) is 9.23 Å². The van der Waals surface area contributed by atoms with Gasteiger partial charge < -0.3 is 4.74 Å². The van der Waals surface area contributed by atoms with Gasteiger partial charge in [-0.15, -0.1) is 6.42 Å². The molecule has 0 N–H and O–H groups in total. The van der Waals surface area contributed by atoms with Gasteiger partial charge in [0.15, 0.2) is 0 Å². The van der Waals surface area contributed by atoms with Crippen molar-refractivity contribution < 1.29 is 4.74 Å². The lowest BCUT2D eigenvalue weighted by molar-refractivity contribution is 0.00999. The highest BCUT2D eigenvalue weighted by Gasteiger charge is 2.12. The summed E-state index contributed by atoms with van der Waals surface area (Å²) >= 11 is 0. The maximum atomic E-state index is 5.56. The Morgan fingerprint density at radius 3 is 2.25 bits per heavy atom. The second kappa shape index (κ2) is 5.00. The fraction of sp³-hybridized carbons (Fsp3) is 0.545. The Hall–Kier alpha value is -0.740. The molecule has 0 aliphatic carbocycles. The van der Waals surface area contributed by atoms with Gasteiger partial charge in [-0.25, -0.2) is 0 Å². The van der Waals surface area contributed by atoms with Crippen LogP contribution in [0.2, 0.25) is 0 Å². The highest BCUT2D eigenvalue weighted by atomic mass is 16.5. The predicted molar refractivity (Wildman–Crippen MR) is 52.5 cm³/mol. The average molecular weight is 165 g/mol. The van der Waals surface area contributed by atoms with Crippen LogP contribution in [0, 0.1) is 25.2 Å². The number of ether oxygens (including phenoxy) is 1. The summed E-state index contributed by atoms with van der Waals surface area (Å²) in [6.07, 6.45) is 5.22. The molecule has 0 heterocycles. The Morgan fingerprint density at radius 1 is 1.42 bits per heavy atom. The SMILES string of the molecule is C#CC(=C)C(C)OC(C)C([CH2])C.